The van der Waals surface area contributed by atoms with Gasteiger partial charge in [-0.05, 0) is 29.8 Å². The number of carbonyl (C=O) groups excluding carboxylic acids is 1. The molecule has 0 spiro atoms. The number of hydrogen-bond acceptors (Lipinski definition) is 5. The fourth-order valence-electron chi connectivity index (χ4n) is 3.25. The van der Waals surface area contributed by atoms with E-state index in [0.29, 0.717) is 28.7 Å². The number of carbonyl (C=O) groups is 2. The number of hydrogen-bond donors (Lipinski definition) is 1. The average Bonchev–Trinajstić information content (AvgIpc) is 3.17. The van der Waals surface area contributed by atoms with E-state index in [4.69, 9.17) is 26.2 Å². The first-order chi connectivity index (χ1) is 13.9. The Kier molecular flexibility index (Phi) is 6.39. The van der Waals surface area contributed by atoms with Crippen molar-refractivity contribution in [2.75, 3.05) is 14.2 Å². The summed E-state index contributed by atoms with van der Waals surface area (Å²) in [6.45, 7) is 0. The Morgan fingerprint density at radius 2 is 1.86 bits per heavy atom. The van der Waals surface area contributed by atoms with E-state index in [0.717, 1.165) is 11.1 Å². The highest BCUT2D eigenvalue weighted by Crippen LogP contribution is 2.38. The Hall–Kier alpha value is -3.06. The summed E-state index contributed by atoms with van der Waals surface area (Å²) < 4.78 is 10.6. The highest BCUT2D eigenvalue weighted by atomic mass is 35.5. The third-order valence-electron chi connectivity index (χ3n) is 4.70. The van der Waals surface area contributed by atoms with E-state index in [1.807, 2.05) is 24.3 Å². The molecule has 1 unspecified atom stereocenters. The number of nitrogens with zero attached hydrogens (tertiary/aromatic N) is 2. The molecule has 1 amide bonds. The van der Waals surface area contributed by atoms with E-state index >= 15 is 0 Å². The summed E-state index contributed by atoms with van der Waals surface area (Å²) in [4.78, 5) is 23.6. The first-order valence-electron chi connectivity index (χ1n) is 9.02. The van der Waals surface area contributed by atoms with Crippen molar-refractivity contribution >= 4 is 29.2 Å². The second kappa shape index (κ2) is 8.96. The predicted molar refractivity (Wildman–Crippen MR) is 109 cm³/mol. The molecule has 3 rings (SSSR count). The van der Waals surface area contributed by atoms with Crippen LogP contribution in [0, 0.1) is 0 Å². The summed E-state index contributed by atoms with van der Waals surface area (Å²) in [6.07, 6.45) is 0.0445. The number of benzene rings is 2. The van der Waals surface area contributed by atoms with Gasteiger partial charge in [-0.2, -0.15) is 5.10 Å². The van der Waals surface area contributed by atoms with Crippen LogP contribution >= 0.6 is 11.6 Å². The molecule has 152 valence electrons. The van der Waals surface area contributed by atoms with Crippen molar-refractivity contribution in [1.29, 1.82) is 0 Å². The highest BCUT2D eigenvalue weighted by molar-refractivity contribution is 6.31. The minimum atomic E-state index is -1.03. The molecule has 1 heterocycles. The zero-order chi connectivity index (χ0) is 21.0. The maximum absolute atomic E-state index is 12.7. The van der Waals surface area contributed by atoms with Gasteiger partial charge in [0.25, 0.3) is 0 Å². The topological polar surface area (TPSA) is 88.4 Å². The van der Waals surface area contributed by atoms with E-state index in [9.17, 15) is 9.59 Å². The van der Waals surface area contributed by atoms with E-state index in [-0.39, 0.29) is 18.7 Å². The molecule has 1 aliphatic rings. The van der Waals surface area contributed by atoms with Gasteiger partial charge in [-0.25, -0.2) is 5.01 Å². The van der Waals surface area contributed by atoms with Crippen molar-refractivity contribution in [1.82, 2.24) is 5.01 Å². The fourth-order valence-corrected chi connectivity index (χ4v) is 3.51. The molecule has 1 N–H and O–H groups in total. The van der Waals surface area contributed by atoms with Gasteiger partial charge < -0.3 is 14.6 Å². The van der Waals surface area contributed by atoms with Crippen LogP contribution in [0.4, 0.5) is 0 Å². The maximum Gasteiger partial charge on any atom is 0.303 e. The summed E-state index contributed by atoms with van der Waals surface area (Å²) in [5.41, 5.74) is 2.23. The number of amides is 1. The van der Waals surface area contributed by atoms with E-state index in [1.165, 1.54) is 5.01 Å². The Labute approximate surface area is 173 Å². The molecule has 8 heteroatoms. The second-order valence-electron chi connectivity index (χ2n) is 6.49. The number of carboxylic acid groups (broad SMARTS) is 1. The normalized spacial score (nSPS) is 15.8. The number of halogens is 1. The molecule has 0 saturated heterocycles. The van der Waals surface area contributed by atoms with Crippen LogP contribution in [0.5, 0.6) is 11.5 Å². The Morgan fingerprint density at radius 1 is 1.14 bits per heavy atom. The molecule has 0 aromatic heterocycles. The van der Waals surface area contributed by atoms with Crippen LogP contribution in [0.2, 0.25) is 5.02 Å². The van der Waals surface area contributed by atoms with Crippen LogP contribution < -0.4 is 9.47 Å². The van der Waals surface area contributed by atoms with Crippen LogP contribution in [0.15, 0.2) is 47.6 Å². The fraction of sp³-hybridized carbons (Fsp3) is 0.286. The number of methoxy groups -OCH3 is 2. The molecule has 0 aliphatic carbocycles. The molecule has 1 atom stereocenters. The lowest BCUT2D eigenvalue weighted by atomic mass is 9.98. The van der Waals surface area contributed by atoms with E-state index in [2.05, 4.69) is 5.10 Å². The van der Waals surface area contributed by atoms with Crippen LogP contribution in [0.25, 0.3) is 0 Å². The van der Waals surface area contributed by atoms with Gasteiger partial charge in [-0.15, -0.1) is 0 Å². The molecule has 29 heavy (non-hydrogen) atoms. The lowest BCUT2D eigenvalue weighted by Crippen LogP contribution is -2.27. The van der Waals surface area contributed by atoms with Crippen molar-refractivity contribution in [3.05, 3.63) is 58.6 Å². The van der Waals surface area contributed by atoms with E-state index in [1.54, 1.807) is 32.4 Å². The summed E-state index contributed by atoms with van der Waals surface area (Å²) in [7, 11) is 3.10. The summed E-state index contributed by atoms with van der Waals surface area (Å²) >= 11 is 6.36. The van der Waals surface area contributed by atoms with Crippen molar-refractivity contribution in [2.24, 2.45) is 5.10 Å². The molecule has 0 saturated carbocycles. The van der Waals surface area contributed by atoms with Crippen molar-refractivity contribution in [2.45, 2.75) is 25.3 Å². The quantitative estimate of drug-likeness (QED) is 0.739. The molecular formula is C21H21ClN2O5. The third-order valence-corrected chi connectivity index (χ3v) is 5.04. The summed E-state index contributed by atoms with van der Waals surface area (Å²) in [5.74, 6) is -0.256. The van der Waals surface area contributed by atoms with Crippen LogP contribution in [0.3, 0.4) is 0 Å². The largest absolute Gasteiger partial charge is 0.493 e. The first kappa shape index (κ1) is 20.7. The first-order valence-corrected chi connectivity index (χ1v) is 9.40. The third kappa shape index (κ3) is 4.51. The molecule has 0 bridgehead atoms. The zero-order valence-electron chi connectivity index (χ0n) is 16.1. The van der Waals surface area contributed by atoms with Crippen LogP contribution in [-0.2, 0) is 9.59 Å². The molecule has 2 aromatic rings. The van der Waals surface area contributed by atoms with Crippen molar-refractivity contribution in [3.63, 3.8) is 0 Å². The molecular weight excluding hydrogens is 396 g/mol. The van der Waals surface area contributed by atoms with Gasteiger partial charge in [-0.3, -0.25) is 9.59 Å². The number of aliphatic carboxylic acids is 1. The van der Waals surface area contributed by atoms with Gasteiger partial charge in [0, 0.05) is 23.4 Å². The number of rotatable bonds is 7. The molecule has 2 aromatic carbocycles. The van der Waals surface area contributed by atoms with Crippen molar-refractivity contribution in [3.8, 4) is 11.5 Å². The average molecular weight is 417 g/mol. The summed E-state index contributed by atoms with van der Waals surface area (Å²) in [5, 5.41) is 15.3. The van der Waals surface area contributed by atoms with Gasteiger partial charge in [-0.1, -0.05) is 29.8 Å². The van der Waals surface area contributed by atoms with Crippen LogP contribution in [-0.4, -0.2) is 41.9 Å². The molecule has 0 radical (unpaired) electrons. The minimum Gasteiger partial charge on any atom is -0.493 e. The Bertz CT molecular complexity index is 960. The minimum absolute atomic E-state index is 0.140. The lowest BCUT2D eigenvalue weighted by molar-refractivity contribution is -0.141. The standard InChI is InChI=1S/C21H21ClN2O5/c1-28-18-8-7-13(11-19(18)29-2)16-12-17(14-5-3-4-6-15(14)22)24(23-16)20(25)9-10-21(26)27/h3-8,11,17H,9-10,12H2,1-2H3,(H,26,27). The Balaban J connectivity index is 1.96. The highest BCUT2D eigenvalue weighted by Gasteiger charge is 2.34. The number of hydrazone groups is 1. The maximum atomic E-state index is 12.7. The predicted octanol–water partition coefficient (Wildman–Crippen LogP) is 3.90. The summed E-state index contributed by atoms with van der Waals surface area (Å²) in [6, 6.07) is 12.3. The molecule has 1 aliphatic heterocycles. The van der Waals surface area contributed by atoms with E-state index < -0.39 is 12.0 Å². The SMILES string of the molecule is COc1ccc(C2=NN(C(=O)CCC(=O)O)C(c3ccccc3Cl)C2)cc1OC. The molecule has 0 fully saturated rings. The van der Waals surface area contributed by atoms with Crippen LogP contribution in [0.1, 0.15) is 36.4 Å². The zero-order valence-corrected chi connectivity index (χ0v) is 16.8. The lowest BCUT2D eigenvalue weighted by Gasteiger charge is -2.22. The second-order valence-corrected chi connectivity index (χ2v) is 6.90. The van der Waals surface area contributed by atoms with Gasteiger partial charge in [0.15, 0.2) is 11.5 Å². The van der Waals surface area contributed by atoms with Gasteiger partial charge in [0.1, 0.15) is 0 Å². The smallest absolute Gasteiger partial charge is 0.303 e. The van der Waals surface area contributed by atoms with Gasteiger partial charge in [0.2, 0.25) is 5.91 Å². The molecule has 7 nitrogen and oxygen atoms in total. The Morgan fingerprint density at radius 3 is 2.52 bits per heavy atom. The van der Waals surface area contributed by atoms with Gasteiger partial charge >= 0.3 is 5.97 Å². The van der Waals surface area contributed by atoms with Gasteiger partial charge in [0.05, 0.1) is 32.4 Å². The number of ether oxygens (including phenoxy) is 2. The van der Waals surface area contributed by atoms with Crippen molar-refractivity contribution < 1.29 is 24.2 Å². The number of carboxylic acids is 1. The monoisotopic (exact) mass is 416 g/mol.